The molecular weight excluding hydrogens is 347 g/mol. The van der Waals surface area contributed by atoms with Gasteiger partial charge in [-0.2, -0.15) is 5.10 Å². The fourth-order valence-electron chi connectivity index (χ4n) is 2.11. The first kappa shape index (κ1) is 15.4. The van der Waals surface area contributed by atoms with Crippen LogP contribution in [0.5, 0.6) is 0 Å². The number of hydrogen-bond donors (Lipinski definition) is 2. The van der Waals surface area contributed by atoms with Crippen molar-refractivity contribution in [3.63, 3.8) is 0 Å². The van der Waals surface area contributed by atoms with Gasteiger partial charge in [0.2, 0.25) is 0 Å². The molecular formula is C13H15BrClFN4. The maximum atomic E-state index is 13.3. The summed E-state index contributed by atoms with van der Waals surface area (Å²) in [5, 5.41) is 4.86. The van der Waals surface area contributed by atoms with Crippen molar-refractivity contribution < 1.29 is 4.39 Å². The van der Waals surface area contributed by atoms with Gasteiger partial charge in [-0.25, -0.2) is 4.39 Å². The molecule has 0 saturated carbocycles. The van der Waals surface area contributed by atoms with Gasteiger partial charge in [0.15, 0.2) is 0 Å². The lowest BCUT2D eigenvalue weighted by atomic mass is 10.00. The second-order valence-electron chi connectivity index (χ2n) is 4.58. The van der Waals surface area contributed by atoms with Gasteiger partial charge in [-0.05, 0) is 47.0 Å². The van der Waals surface area contributed by atoms with Crippen molar-refractivity contribution in [3.05, 3.63) is 50.5 Å². The predicted octanol–water partition coefficient (Wildman–Crippen LogP) is 3.03. The van der Waals surface area contributed by atoms with Gasteiger partial charge in [-0.15, -0.1) is 0 Å². The molecule has 7 heteroatoms. The zero-order valence-corrected chi connectivity index (χ0v) is 13.5. The van der Waals surface area contributed by atoms with E-state index in [0.29, 0.717) is 16.0 Å². The van der Waals surface area contributed by atoms with Crippen LogP contribution in [0.3, 0.4) is 0 Å². The van der Waals surface area contributed by atoms with Crippen LogP contribution in [-0.4, -0.2) is 9.78 Å². The van der Waals surface area contributed by atoms with Crippen molar-refractivity contribution in [3.8, 4) is 0 Å². The van der Waals surface area contributed by atoms with Crippen molar-refractivity contribution in [2.45, 2.75) is 19.4 Å². The first-order chi connectivity index (χ1) is 9.43. The topological polar surface area (TPSA) is 55.9 Å². The van der Waals surface area contributed by atoms with Crippen molar-refractivity contribution in [1.82, 2.24) is 15.2 Å². The zero-order chi connectivity index (χ0) is 14.9. The van der Waals surface area contributed by atoms with Crippen LogP contribution >= 0.6 is 27.5 Å². The van der Waals surface area contributed by atoms with Gasteiger partial charge in [-0.3, -0.25) is 16.0 Å². The smallest absolute Gasteiger partial charge is 0.137 e. The summed E-state index contributed by atoms with van der Waals surface area (Å²) in [5.74, 6) is 5.31. The monoisotopic (exact) mass is 360 g/mol. The molecule has 0 aliphatic rings. The molecule has 3 N–H and O–H groups in total. The minimum absolute atomic E-state index is 0.174. The van der Waals surface area contributed by atoms with E-state index >= 15 is 0 Å². The molecule has 1 heterocycles. The molecule has 108 valence electrons. The highest BCUT2D eigenvalue weighted by molar-refractivity contribution is 9.10. The van der Waals surface area contributed by atoms with E-state index in [4.69, 9.17) is 17.4 Å². The SMILES string of the molecule is Cc1nn(C)c(Cl)c1CC(NN)c1ccc(F)c(Br)c1. The Kier molecular flexibility index (Phi) is 4.80. The first-order valence-electron chi connectivity index (χ1n) is 6.03. The Hall–Kier alpha value is -0.950. The number of rotatable bonds is 4. The summed E-state index contributed by atoms with van der Waals surface area (Å²) < 4.78 is 15.3. The molecule has 0 saturated heterocycles. The minimum Gasteiger partial charge on any atom is -0.271 e. The average molecular weight is 362 g/mol. The maximum absolute atomic E-state index is 13.3. The lowest BCUT2D eigenvalue weighted by Crippen LogP contribution is -2.29. The van der Waals surface area contributed by atoms with Gasteiger partial charge in [0, 0.05) is 12.6 Å². The van der Waals surface area contributed by atoms with Crippen LogP contribution in [0.15, 0.2) is 22.7 Å². The van der Waals surface area contributed by atoms with Crippen molar-refractivity contribution >= 4 is 27.5 Å². The van der Waals surface area contributed by atoms with Gasteiger partial charge in [0.25, 0.3) is 0 Å². The van der Waals surface area contributed by atoms with E-state index in [-0.39, 0.29) is 11.9 Å². The molecule has 1 unspecified atom stereocenters. The Morgan fingerprint density at radius 3 is 2.75 bits per heavy atom. The Morgan fingerprint density at radius 2 is 2.25 bits per heavy atom. The lowest BCUT2D eigenvalue weighted by molar-refractivity contribution is 0.547. The van der Waals surface area contributed by atoms with Crippen molar-refractivity contribution in [1.29, 1.82) is 0 Å². The fourth-order valence-corrected chi connectivity index (χ4v) is 2.76. The normalized spacial score (nSPS) is 12.7. The van der Waals surface area contributed by atoms with Crippen LogP contribution in [0.4, 0.5) is 4.39 Å². The Morgan fingerprint density at radius 1 is 1.55 bits per heavy atom. The van der Waals surface area contributed by atoms with E-state index in [2.05, 4.69) is 26.5 Å². The summed E-state index contributed by atoms with van der Waals surface area (Å²) in [6, 6.07) is 4.64. The van der Waals surface area contributed by atoms with E-state index in [1.807, 2.05) is 6.92 Å². The summed E-state index contributed by atoms with van der Waals surface area (Å²) in [5.41, 5.74) is 5.40. The predicted molar refractivity (Wildman–Crippen MR) is 80.8 cm³/mol. The Labute approximate surface area is 130 Å². The van der Waals surface area contributed by atoms with Gasteiger partial charge in [0.05, 0.1) is 16.2 Å². The third kappa shape index (κ3) is 3.03. The van der Waals surface area contributed by atoms with E-state index in [1.165, 1.54) is 6.07 Å². The van der Waals surface area contributed by atoms with E-state index in [9.17, 15) is 4.39 Å². The summed E-state index contributed by atoms with van der Waals surface area (Å²) in [7, 11) is 1.79. The Bertz CT molecular complexity index is 629. The number of nitrogens with one attached hydrogen (secondary N) is 1. The lowest BCUT2D eigenvalue weighted by Gasteiger charge is -2.17. The highest BCUT2D eigenvalue weighted by Gasteiger charge is 2.18. The number of aryl methyl sites for hydroxylation is 2. The minimum atomic E-state index is -0.305. The van der Waals surface area contributed by atoms with Gasteiger partial charge >= 0.3 is 0 Å². The van der Waals surface area contributed by atoms with Crippen LogP contribution in [0.1, 0.15) is 22.9 Å². The largest absolute Gasteiger partial charge is 0.271 e. The van der Waals surface area contributed by atoms with Gasteiger partial charge < -0.3 is 0 Å². The Balaban J connectivity index is 2.31. The molecule has 1 atom stereocenters. The summed E-state index contributed by atoms with van der Waals surface area (Å²) in [6.45, 7) is 1.90. The molecule has 0 aliphatic carbocycles. The third-order valence-corrected chi connectivity index (χ3v) is 4.31. The van der Waals surface area contributed by atoms with E-state index in [1.54, 1.807) is 23.9 Å². The zero-order valence-electron chi connectivity index (χ0n) is 11.1. The number of halogens is 3. The number of nitrogens with two attached hydrogens (primary N) is 1. The molecule has 0 aliphatic heterocycles. The van der Waals surface area contributed by atoms with Crippen LogP contribution in [0.25, 0.3) is 0 Å². The molecule has 1 aromatic heterocycles. The standard InChI is InChI=1S/C13H15BrClFN4/c1-7-9(13(15)20(2)19-7)6-12(18-17)8-3-4-11(16)10(14)5-8/h3-5,12,18H,6,17H2,1-2H3. The highest BCUT2D eigenvalue weighted by atomic mass is 79.9. The van der Waals surface area contributed by atoms with Crippen LogP contribution in [-0.2, 0) is 13.5 Å². The molecule has 1 aromatic carbocycles. The summed E-state index contributed by atoms with van der Waals surface area (Å²) in [4.78, 5) is 0. The van der Waals surface area contributed by atoms with Gasteiger partial charge in [0.1, 0.15) is 11.0 Å². The number of benzene rings is 1. The maximum Gasteiger partial charge on any atom is 0.137 e. The highest BCUT2D eigenvalue weighted by Crippen LogP contribution is 2.27. The first-order valence-corrected chi connectivity index (χ1v) is 7.20. The quantitative estimate of drug-likeness (QED) is 0.650. The van der Waals surface area contributed by atoms with E-state index < -0.39 is 0 Å². The molecule has 0 radical (unpaired) electrons. The number of hydrazine groups is 1. The van der Waals surface area contributed by atoms with Crippen molar-refractivity contribution in [2.75, 3.05) is 0 Å². The second-order valence-corrected chi connectivity index (χ2v) is 5.79. The fraction of sp³-hybridized carbons (Fsp3) is 0.308. The number of nitrogens with zero attached hydrogens (tertiary/aromatic N) is 2. The number of aromatic nitrogens is 2. The van der Waals surface area contributed by atoms with Crippen LogP contribution in [0, 0.1) is 12.7 Å². The van der Waals surface area contributed by atoms with Crippen LogP contribution < -0.4 is 11.3 Å². The average Bonchev–Trinajstić information content (AvgIpc) is 2.65. The molecule has 20 heavy (non-hydrogen) atoms. The van der Waals surface area contributed by atoms with Gasteiger partial charge in [-0.1, -0.05) is 17.7 Å². The van der Waals surface area contributed by atoms with Crippen molar-refractivity contribution in [2.24, 2.45) is 12.9 Å². The van der Waals surface area contributed by atoms with E-state index in [0.717, 1.165) is 16.8 Å². The summed E-state index contributed by atoms with van der Waals surface area (Å²) >= 11 is 9.40. The number of hydrogen-bond acceptors (Lipinski definition) is 3. The molecule has 0 fully saturated rings. The molecule has 4 nitrogen and oxygen atoms in total. The molecule has 0 spiro atoms. The summed E-state index contributed by atoms with van der Waals surface area (Å²) in [6.07, 6.45) is 0.576. The third-order valence-electron chi connectivity index (χ3n) is 3.23. The molecule has 0 bridgehead atoms. The molecule has 2 rings (SSSR count). The molecule has 2 aromatic rings. The second kappa shape index (κ2) is 6.22. The molecule has 0 amide bonds. The van der Waals surface area contributed by atoms with Crippen LogP contribution in [0.2, 0.25) is 5.15 Å².